The number of pyridine rings is 1. The van der Waals surface area contributed by atoms with Crippen LogP contribution in [0.2, 0.25) is 0 Å². The molecular formula is C22H16N2O4S. The Morgan fingerprint density at radius 1 is 1.14 bits per heavy atom. The van der Waals surface area contributed by atoms with Gasteiger partial charge < -0.3 is 14.2 Å². The molecule has 0 saturated heterocycles. The first kappa shape index (κ1) is 18.8. The van der Waals surface area contributed by atoms with E-state index in [0.717, 1.165) is 16.8 Å². The molecule has 3 aromatic rings. The first-order valence-corrected chi connectivity index (χ1v) is 9.77. The summed E-state index contributed by atoms with van der Waals surface area (Å²) in [6.07, 6.45) is 0. The van der Waals surface area contributed by atoms with E-state index in [9.17, 15) is 10.1 Å². The fourth-order valence-corrected chi connectivity index (χ4v) is 3.79. The molecule has 0 unspecified atom stereocenters. The van der Waals surface area contributed by atoms with Crippen molar-refractivity contribution in [3.8, 4) is 28.8 Å². The Balaban J connectivity index is 1.54. The number of aromatic nitrogens is 1. The van der Waals surface area contributed by atoms with Gasteiger partial charge in [0.2, 0.25) is 6.79 Å². The molecule has 7 heteroatoms. The van der Waals surface area contributed by atoms with Crippen LogP contribution in [-0.4, -0.2) is 24.9 Å². The van der Waals surface area contributed by atoms with Gasteiger partial charge in [0.25, 0.3) is 0 Å². The quantitative estimate of drug-likeness (QED) is 0.460. The van der Waals surface area contributed by atoms with E-state index >= 15 is 0 Å². The third-order valence-corrected chi connectivity index (χ3v) is 5.46. The highest BCUT2D eigenvalue weighted by atomic mass is 32.2. The van der Waals surface area contributed by atoms with Crippen molar-refractivity contribution in [3.63, 3.8) is 0 Å². The molecule has 4 rings (SSSR count). The fraction of sp³-hybridized carbons (Fsp3) is 0.136. The summed E-state index contributed by atoms with van der Waals surface area (Å²) in [5.74, 6) is 1.66. The molecule has 0 aliphatic carbocycles. The number of nitrogens with zero attached hydrogens (tertiary/aromatic N) is 2. The van der Waals surface area contributed by atoms with Crippen molar-refractivity contribution in [3.05, 3.63) is 71.3 Å². The summed E-state index contributed by atoms with van der Waals surface area (Å²) in [6, 6.07) is 18.6. The maximum absolute atomic E-state index is 11.5. The lowest BCUT2D eigenvalue weighted by Crippen LogP contribution is -2.00. The van der Waals surface area contributed by atoms with Gasteiger partial charge in [-0.05, 0) is 48.0 Å². The van der Waals surface area contributed by atoms with Gasteiger partial charge in [0.05, 0.1) is 23.9 Å². The molecule has 0 spiro atoms. The van der Waals surface area contributed by atoms with Gasteiger partial charge in [-0.15, -0.1) is 11.8 Å². The Bertz CT molecular complexity index is 1110. The third kappa shape index (κ3) is 4.03. The molecule has 0 bridgehead atoms. The van der Waals surface area contributed by atoms with Crippen LogP contribution in [0.1, 0.15) is 21.5 Å². The molecule has 0 atom stereocenters. The van der Waals surface area contributed by atoms with Crippen molar-refractivity contribution < 1.29 is 19.0 Å². The highest BCUT2D eigenvalue weighted by Gasteiger charge is 2.15. The summed E-state index contributed by atoms with van der Waals surface area (Å²) in [5.41, 5.74) is 3.68. The topological polar surface area (TPSA) is 81.4 Å². The van der Waals surface area contributed by atoms with Crippen LogP contribution in [0.4, 0.5) is 0 Å². The number of carbonyl (C=O) groups is 1. The van der Waals surface area contributed by atoms with Gasteiger partial charge in [-0.2, -0.15) is 5.26 Å². The second kappa shape index (κ2) is 8.25. The second-order valence-electron chi connectivity index (χ2n) is 6.21. The molecule has 29 heavy (non-hydrogen) atoms. The molecular weight excluding hydrogens is 388 g/mol. The SMILES string of the molecule is COC(=O)c1ccc(CSc2nc(-c3ccc4c(c3)OCO4)ccc2C#N)cc1. The number of ether oxygens (including phenoxy) is 3. The predicted octanol–water partition coefficient (Wildman–Crippen LogP) is 4.43. The molecule has 144 valence electrons. The number of hydrogen-bond acceptors (Lipinski definition) is 7. The maximum atomic E-state index is 11.5. The Kier molecular flexibility index (Phi) is 5.36. The second-order valence-corrected chi connectivity index (χ2v) is 7.17. The van der Waals surface area contributed by atoms with Crippen LogP contribution in [0.25, 0.3) is 11.3 Å². The van der Waals surface area contributed by atoms with Crippen LogP contribution >= 0.6 is 11.8 Å². The predicted molar refractivity (Wildman–Crippen MR) is 108 cm³/mol. The minimum absolute atomic E-state index is 0.218. The summed E-state index contributed by atoms with van der Waals surface area (Å²) < 4.78 is 15.5. The molecule has 0 radical (unpaired) electrons. The lowest BCUT2D eigenvalue weighted by molar-refractivity contribution is 0.0600. The lowest BCUT2D eigenvalue weighted by atomic mass is 10.1. The zero-order valence-corrected chi connectivity index (χ0v) is 16.4. The van der Waals surface area contributed by atoms with Crippen molar-refractivity contribution in [2.24, 2.45) is 0 Å². The van der Waals surface area contributed by atoms with Gasteiger partial charge in [0.1, 0.15) is 11.1 Å². The molecule has 6 nitrogen and oxygen atoms in total. The van der Waals surface area contributed by atoms with E-state index in [0.29, 0.717) is 33.4 Å². The summed E-state index contributed by atoms with van der Waals surface area (Å²) in [6.45, 7) is 0.218. The maximum Gasteiger partial charge on any atom is 0.337 e. The number of benzene rings is 2. The van der Waals surface area contributed by atoms with Crippen molar-refractivity contribution >= 4 is 17.7 Å². The smallest absolute Gasteiger partial charge is 0.337 e. The van der Waals surface area contributed by atoms with Gasteiger partial charge in [-0.25, -0.2) is 9.78 Å². The van der Waals surface area contributed by atoms with Crippen LogP contribution in [0.5, 0.6) is 11.5 Å². The van der Waals surface area contributed by atoms with Crippen molar-refractivity contribution in [2.75, 3.05) is 13.9 Å². The Labute approximate surface area is 172 Å². The molecule has 1 aliphatic heterocycles. The van der Waals surface area contributed by atoms with E-state index in [1.165, 1.54) is 18.9 Å². The molecule has 0 amide bonds. The van der Waals surface area contributed by atoms with Crippen molar-refractivity contribution in [1.29, 1.82) is 5.26 Å². The minimum atomic E-state index is -0.367. The molecule has 0 saturated carbocycles. The zero-order chi connectivity index (χ0) is 20.2. The number of carbonyl (C=O) groups excluding carboxylic acids is 1. The molecule has 2 aromatic carbocycles. The number of thioether (sulfide) groups is 1. The Hall–Kier alpha value is -3.50. The highest BCUT2D eigenvalue weighted by molar-refractivity contribution is 7.98. The number of fused-ring (bicyclic) bond motifs is 1. The van der Waals surface area contributed by atoms with Crippen molar-refractivity contribution in [2.45, 2.75) is 10.8 Å². The van der Waals surface area contributed by atoms with Crippen LogP contribution < -0.4 is 9.47 Å². The zero-order valence-electron chi connectivity index (χ0n) is 15.5. The normalized spacial score (nSPS) is 11.7. The van der Waals surface area contributed by atoms with Gasteiger partial charge in [0.15, 0.2) is 11.5 Å². The van der Waals surface area contributed by atoms with E-state index in [-0.39, 0.29) is 12.8 Å². The number of nitriles is 1. The summed E-state index contributed by atoms with van der Waals surface area (Å²) in [5, 5.41) is 10.1. The van der Waals surface area contributed by atoms with E-state index in [1.54, 1.807) is 18.2 Å². The van der Waals surface area contributed by atoms with Gasteiger partial charge in [-0.1, -0.05) is 12.1 Å². The fourth-order valence-electron chi connectivity index (χ4n) is 2.86. The van der Waals surface area contributed by atoms with E-state index in [4.69, 9.17) is 14.2 Å². The minimum Gasteiger partial charge on any atom is -0.465 e. The molecule has 0 N–H and O–H groups in total. The number of rotatable bonds is 5. The van der Waals surface area contributed by atoms with E-state index in [2.05, 4.69) is 11.1 Å². The molecule has 0 fully saturated rings. The van der Waals surface area contributed by atoms with Crippen LogP contribution in [0, 0.1) is 11.3 Å². The largest absolute Gasteiger partial charge is 0.465 e. The highest BCUT2D eigenvalue weighted by Crippen LogP contribution is 2.36. The number of esters is 1. The average molecular weight is 404 g/mol. The molecule has 2 heterocycles. The van der Waals surface area contributed by atoms with Crippen LogP contribution in [-0.2, 0) is 10.5 Å². The Morgan fingerprint density at radius 3 is 2.69 bits per heavy atom. The lowest BCUT2D eigenvalue weighted by Gasteiger charge is -2.08. The first-order chi connectivity index (χ1) is 14.2. The van der Waals surface area contributed by atoms with E-state index in [1.807, 2.05) is 36.4 Å². The third-order valence-electron chi connectivity index (χ3n) is 4.40. The summed E-state index contributed by atoms with van der Waals surface area (Å²) >= 11 is 1.47. The number of methoxy groups -OCH3 is 1. The van der Waals surface area contributed by atoms with Crippen LogP contribution in [0.15, 0.2) is 59.6 Å². The van der Waals surface area contributed by atoms with Gasteiger partial charge in [0, 0.05) is 11.3 Å². The first-order valence-electron chi connectivity index (χ1n) is 8.79. The standard InChI is InChI=1S/C22H16N2O4S/c1-26-22(25)15-4-2-14(3-5-15)12-29-21-17(11-23)6-8-18(24-21)16-7-9-19-20(10-16)28-13-27-19/h2-10H,12-13H2,1H3. The molecule has 1 aliphatic rings. The average Bonchev–Trinajstić information content (AvgIpc) is 3.25. The van der Waals surface area contributed by atoms with E-state index < -0.39 is 0 Å². The van der Waals surface area contributed by atoms with Crippen LogP contribution in [0.3, 0.4) is 0 Å². The van der Waals surface area contributed by atoms with Gasteiger partial charge in [-0.3, -0.25) is 0 Å². The summed E-state index contributed by atoms with van der Waals surface area (Å²) in [4.78, 5) is 16.2. The van der Waals surface area contributed by atoms with Gasteiger partial charge >= 0.3 is 5.97 Å². The summed E-state index contributed by atoms with van der Waals surface area (Å²) in [7, 11) is 1.36. The number of hydrogen-bond donors (Lipinski definition) is 0. The monoisotopic (exact) mass is 404 g/mol. The molecule has 1 aromatic heterocycles. The van der Waals surface area contributed by atoms with Crippen molar-refractivity contribution in [1.82, 2.24) is 4.98 Å². The Morgan fingerprint density at radius 2 is 1.93 bits per heavy atom.